The lowest BCUT2D eigenvalue weighted by Gasteiger charge is -2.10. The number of hydrogen-bond donors (Lipinski definition) is 1. The van der Waals surface area contributed by atoms with E-state index in [0.717, 1.165) is 27.6 Å². The highest BCUT2D eigenvalue weighted by Gasteiger charge is 2.11. The fraction of sp³-hybridized carbons (Fsp3) is 0.333. The van der Waals surface area contributed by atoms with Gasteiger partial charge in [-0.15, -0.1) is 11.8 Å². The van der Waals surface area contributed by atoms with Gasteiger partial charge >= 0.3 is 0 Å². The van der Waals surface area contributed by atoms with Crippen molar-refractivity contribution in [1.82, 2.24) is 9.97 Å². The molecule has 1 aromatic heterocycles. The zero-order chi connectivity index (χ0) is 15.2. The molecule has 0 fully saturated rings. The standard InChI is InChI=1S/C15H18BrN3OS/c1-10-4-6-11(7-5-10)21-9-13-18-12(8-20-3)14(16)15(17-2)19-13/h4-7H,8-9H2,1-3H3,(H,17,18,19). The number of rotatable bonds is 6. The summed E-state index contributed by atoms with van der Waals surface area (Å²) in [7, 11) is 3.51. The normalized spacial score (nSPS) is 10.7. The lowest BCUT2D eigenvalue weighted by Crippen LogP contribution is -2.05. The van der Waals surface area contributed by atoms with Gasteiger partial charge < -0.3 is 10.1 Å². The van der Waals surface area contributed by atoms with Gasteiger partial charge in [0.15, 0.2) is 0 Å². The first-order valence-electron chi connectivity index (χ1n) is 6.55. The maximum Gasteiger partial charge on any atom is 0.144 e. The molecule has 0 saturated heterocycles. The van der Waals surface area contributed by atoms with E-state index in [2.05, 4.69) is 62.4 Å². The first-order valence-corrected chi connectivity index (χ1v) is 8.33. The molecule has 112 valence electrons. The van der Waals surface area contributed by atoms with E-state index in [-0.39, 0.29) is 0 Å². The molecule has 0 saturated carbocycles. The average Bonchev–Trinajstić information content (AvgIpc) is 2.49. The number of hydrogen-bond acceptors (Lipinski definition) is 5. The Hall–Kier alpha value is -1.11. The molecule has 1 heterocycles. The van der Waals surface area contributed by atoms with Crippen LogP contribution in [0.4, 0.5) is 5.82 Å². The summed E-state index contributed by atoms with van der Waals surface area (Å²) in [6.07, 6.45) is 0. The van der Waals surface area contributed by atoms with Crippen molar-refractivity contribution in [3.05, 3.63) is 45.8 Å². The van der Waals surface area contributed by atoms with Crippen LogP contribution in [-0.2, 0) is 17.1 Å². The van der Waals surface area contributed by atoms with E-state index in [1.807, 2.05) is 7.05 Å². The van der Waals surface area contributed by atoms with Crippen molar-refractivity contribution in [1.29, 1.82) is 0 Å². The summed E-state index contributed by atoms with van der Waals surface area (Å²) in [6.45, 7) is 2.54. The molecule has 0 aliphatic carbocycles. The molecular weight excluding hydrogens is 350 g/mol. The quantitative estimate of drug-likeness (QED) is 0.781. The third-order valence-corrected chi connectivity index (χ3v) is 4.71. The second kappa shape index (κ2) is 7.77. The number of aromatic nitrogens is 2. The van der Waals surface area contributed by atoms with Crippen molar-refractivity contribution in [3.63, 3.8) is 0 Å². The molecule has 0 aliphatic rings. The summed E-state index contributed by atoms with van der Waals surface area (Å²) in [5.41, 5.74) is 2.12. The van der Waals surface area contributed by atoms with Gasteiger partial charge in [-0.2, -0.15) is 0 Å². The maximum atomic E-state index is 5.18. The van der Waals surface area contributed by atoms with Crippen molar-refractivity contribution in [2.75, 3.05) is 19.5 Å². The van der Waals surface area contributed by atoms with Crippen LogP contribution >= 0.6 is 27.7 Å². The van der Waals surface area contributed by atoms with Crippen molar-refractivity contribution >= 4 is 33.5 Å². The van der Waals surface area contributed by atoms with Gasteiger partial charge in [-0.1, -0.05) is 17.7 Å². The van der Waals surface area contributed by atoms with Crippen molar-refractivity contribution in [2.24, 2.45) is 0 Å². The highest BCUT2D eigenvalue weighted by atomic mass is 79.9. The summed E-state index contributed by atoms with van der Waals surface area (Å²) < 4.78 is 6.04. The van der Waals surface area contributed by atoms with Crippen LogP contribution in [0.3, 0.4) is 0 Å². The highest BCUT2D eigenvalue weighted by Crippen LogP contribution is 2.27. The van der Waals surface area contributed by atoms with E-state index in [4.69, 9.17) is 4.74 Å². The number of anilines is 1. The van der Waals surface area contributed by atoms with Crippen molar-refractivity contribution < 1.29 is 4.74 Å². The lowest BCUT2D eigenvalue weighted by atomic mass is 10.2. The minimum atomic E-state index is 0.458. The fourth-order valence-corrected chi connectivity index (χ4v) is 3.03. The number of aryl methyl sites for hydroxylation is 1. The molecular formula is C15H18BrN3OS. The Bertz CT molecular complexity index is 605. The predicted octanol–water partition coefficient (Wildman–Crippen LogP) is 4.03. The van der Waals surface area contributed by atoms with Crippen LogP contribution in [0.5, 0.6) is 0 Å². The Balaban J connectivity index is 2.15. The molecule has 1 N–H and O–H groups in total. The van der Waals surface area contributed by atoms with E-state index >= 15 is 0 Å². The Morgan fingerprint density at radius 1 is 1.24 bits per heavy atom. The maximum absolute atomic E-state index is 5.18. The number of halogens is 1. The van der Waals surface area contributed by atoms with Crippen LogP contribution in [0.25, 0.3) is 0 Å². The van der Waals surface area contributed by atoms with Gasteiger partial charge in [0.1, 0.15) is 11.6 Å². The largest absolute Gasteiger partial charge is 0.378 e. The van der Waals surface area contributed by atoms with Crippen LogP contribution in [0.2, 0.25) is 0 Å². The number of nitrogens with zero attached hydrogens (tertiary/aromatic N) is 2. The van der Waals surface area contributed by atoms with Crippen LogP contribution in [0, 0.1) is 6.92 Å². The monoisotopic (exact) mass is 367 g/mol. The third-order valence-electron chi connectivity index (χ3n) is 2.87. The summed E-state index contributed by atoms with van der Waals surface area (Å²) in [5, 5.41) is 3.08. The first-order chi connectivity index (χ1) is 10.1. The summed E-state index contributed by atoms with van der Waals surface area (Å²) >= 11 is 5.23. The first kappa shape index (κ1) is 16.3. The lowest BCUT2D eigenvalue weighted by molar-refractivity contribution is 0.180. The molecule has 1 aromatic carbocycles. The van der Waals surface area contributed by atoms with Crippen LogP contribution in [-0.4, -0.2) is 24.1 Å². The highest BCUT2D eigenvalue weighted by molar-refractivity contribution is 9.10. The summed E-state index contributed by atoms with van der Waals surface area (Å²) in [4.78, 5) is 10.3. The Morgan fingerprint density at radius 3 is 2.57 bits per heavy atom. The molecule has 0 radical (unpaired) electrons. The van der Waals surface area contributed by atoms with E-state index in [0.29, 0.717) is 6.61 Å². The molecule has 2 rings (SSSR count). The minimum absolute atomic E-state index is 0.458. The molecule has 0 aliphatic heterocycles. The van der Waals surface area contributed by atoms with Crippen molar-refractivity contribution in [3.8, 4) is 0 Å². The van der Waals surface area contributed by atoms with E-state index in [9.17, 15) is 0 Å². The average molecular weight is 368 g/mol. The molecule has 0 unspecified atom stereocenters. The summed E-state index contributed by atoms with van der Waals surface area (Å²) in [6, 6.07) is 8.46. The number of nitrogens with one attached hydrogen (secondary N) is 1. The van der Waals surface area contributed by atoms with Crippen molar-refractivity contribution in [2.45, 2.75) is 24.2 Å². The van der Waals surface area contributed by atoms with Gasteiger partial charge in [0, 0.05) is 19.1 Å². The second-order valence-corrected chi connectivity index (χ2v) is 6.38. The summed E-state index contributed by atoms with van der Waals surface area (Å²) in [5.74, 6) is 2.30. The predicted molar refractivity (Wildman–Crippen MR) is 90.7 cm³/mol. The topological polar surface area (TPSA) is 47.0 Å². The molecule has 4 nitrogen and oxygen atoms in total. The minimum Gasteiger partial charge on any atom is -0.378 e. The number of benzene rings is 1. The molecule has 6 heteroatoms. The second-order valence-electron chi connectivity index (χ2n) is 4.53. The number of methoxy groups -OCH3 is 1. The molecule has 0 spiro atoms. The van der Waals surface area contributed by atoms with Crippen LogP contribution in [0.15, 0.2) is 33.6 Å². The Labute approximate surface area is 137 Å². The molecule has 0 bridgehead atoms. The number of ether oxygens (including phenoxy) is 1. The van der Waals surface area contributed by atoms with Gasteiger partial charge in [-0.05, 0) is 35.0 Å². The zero-order valence-electron chi connectivity index (χ0n) is 12.3. The van der Waals surface area contributed by atoms with Gasteiger partial charge in [-0.25, -0.2) is 9.97 Å². The third kappa shape index (κ3) is 4.43. The van der Waals surface area contributed by atoms with Crippen LogP contribution in [0.1, 0.15) is 17.1 Å². The fourth-order valence-electron chi connectivity index (χ4n) is 1.79. The number of thioether (sulfide) groups is 1. The SMILES string of the molecule is CNc1nc(CSc2ccc(C)cc2)nc(COC)c1Br. The Kier molecular flexibility index (Phi) is 6.02. The molecule has 21 heavy (non-hydrogen) atoms. The smallest absolute Gasteiger partial charge is 0.144 e. The Morgan fingerprint density at radius 2 is 1.95 bits per heavy atom. The van der Waals surface area contributed by atoms with Gasteiger partial charge in [0.05, 0.1) is 22.5 Å². The zero-order valence-corrected chi connectivity index (χ0v) is 14.7. The van der Waals surface area contributed by atoms with E-state index in [1.54, 1.807) is 18.9 Å². The molecule has 0 atom stereocenters. The van der Waals surface area contributed by atoms with E-state index < -0.39 is 0 Å². The van der Waals surface area contributed by atoms with Gasteiger partial charge in [0.25, 0.3) is 0 Å². The van der Waals surface area contributed by atoms with Gasteiger partial charge in [-0.3, -0.25) is 0 Å². The molecule has 2 aromatic rings. The van der Waals surface area contributed by atoms with E-state index in [1.165, 1.54) is 10.5 Å². The molecule has 0 amide bonds. The van der Waals surface area contributed by atoms with Crippen LogP contribution < -0.4 is 5.32 Å². The van der Waals surface area contributed by atoms with Gasteiger partial charge in [0.2, 0.25) is 0 Å².